The summed E-state index contributed by atoms with van der Waals surface area (Å²) in [4.78, 5) is 12.6. The van der Waals surface area contributed by atoms with Gasteiger partial charge < -0.3 is 14.5 Å². The van der Waals surface area contributed by atoms with Crippen molar-refractivity contribution in [3.63, 3.8) is 0 Å². The number of methoxy groups -OCH3 is 1. The number of benzene rings is 3. The lowest BCUT2D eigenvalue weighted by molar-refractivity contribution is -0.117. The van der Waals surface area contributed by atoms with Gasteiger partial charge in [0.15, 0.2) is 0 Å². The number of hydrogen-bond donors (Lipinski definition) is 1. The van der Waals surface area contributed by atoms with Gasteiger partial charge in [0, 0.05) is 34.7 Å². The zero-order chi connectivity index (χ0) is 23.5. The van der Waals surface area contributed by atoms with Crippen LogP contribution in [0.1, 0.15) is 38.2 Å². The van der Waals surface area contributed by atoms with Gasteiger partial charge in [0.1, 0.15) is 11.3 Å². The van der Waals surface area contributed by atoms with Crippen molar-refractivity contribution in [2.45, 2.75) is 38.6 Å². The van der Waals surface area contributed by atoms with Gasteiger partial charge in [-0.3, -0.25) is 4.79 Å². The summed E-state index contributed by atoms with van der Waals surface area (Å²) >= 11 is 0. The highest BCUT2D eigenvalue weighted by molar-refractivity contribution is 6.00. The number of carbonyl (C=O) groups excluding carboxylic acids is 1. The van der Waals surface area contributed by atoms with Crippen LogP contribution in [0.2, 0.25) is 0 Å². The lowest BCUT2D eigenvalue weighted by atomic mass is 9.97. The smallest absolute Gasteiger partial charge is 0.244 e. The monoisotopic (exact) mass is 451 g/mol. The molecular weight excluding hydrogens is 422 g/mol. The van der Waals surface area contributed by atoms with Crippen LogP contribution < -0.4 is 10.1 Å². The van der Waals surface area contributed by atoms with E-state index in [-0.39, 0.29) is 5.91 Å². The molecule has 5 rings (SSSR count). The van der Waals surface area contributed by atoms with E-state index in [0.717, 1.165) is 46.1 Å². The molecule has 3 aromatic carbocycles. The van der Waals surface area contributed by atoms with Crippen molar-refractivity contribution >= 4 is 22.4 Å². The summed E-state index contributed by atoms with van der Waals surface area (Å²) in [5.41, 5.74) is 6.96. The lowest BCUT2D eigenvalue weighted by Gasteiger charge is -2.12. The highest BCUT2D eigenvalue weighted by Gasteiger charge is 2.18. The number of nitrogens with one attached hydrogen (secondary N) is 1. The molecule has 1 amide bonds. The molecule has 34 heavy (non-hydrogen) atoms. The van der Waals surface area contributed by atoms with E-state index >= 15 is 0 Å². The predicted molar refractivity (Wildman–Crippen MR) is 138 cm³/mol. The third-order valence-electron chi connectivity index (χ3n) is 6.67. The number of ether oxygens (including phenoxy) is 1. The van der Waals surface area contributed by atoms with Gasteiger partial charge in [-0.2, -0.15) is 0 Å². The minimum Gasteiger partial charge on any atom is -0.496 e. The molecule has 1 aromatic heterocycles. The molecule has 0 bridgehead atoms. The second-order valence-corrected chi connectivity index (χ2v) is 8.96. The van der Waals surface area contributed by atoms with E-state index in [1.807, 2.05) is 31.2 Å². The Morgan fingerprint density at radius 1 is 0.971 bits per heavy atom. The van der Waals surface area contributed by atoms with Crippen molar-refractivity contribution < 1.29 is 13.9 Å². The van der Waals surface area contributed by atoms with Gasteiger partial charge >= 0.3 is 0 Å². The maximum Gasteiger partial charge on any atom is 0.244 e. The molecular formula is C30H29NO3. The standard InChI is InChI=1S/C30H29NO3/c1-20(16-30(32)31-24-10-6-7-11-24)25-17-26-27(19-34-29(26)18-28(25)33-2)23-14-12-22(13-15-23)21-8-4-3-5-9-21/h3-5,8-9,12-19,24H,6-7,10-11H2,1-2H3,(H,31,32)/b20-16+. The highest BCUT2D eigenvalue weighted by atomic mass is 16.5. The number of amides is 1. The molecule has 0 atom stereocenters. The fourth-order valence-electron chi connectivity index (χ4n) is 4.82. The summed E-state index contributed by atoms with van der Waals surface area (Å²) < 4.78 is 11.5. The molecule has 4 nitrogen and oxygen atoms in total. The number of carbonyl (C=O) groups is 1. The van der Waals surface area contributed by atoms with E-state index in [2.05, 4.69) is 47.8 Å². The molecule has 1 aliphatic carbocycles. The quantitative estimate of drug-likeness (QED) is 0.314. The molecule has 1 heterocycles. The van der Waals surface area contributed by atoms with Gasteiger partial charge in [-0.1, -0.05) is 67.4 Å². The SMILES string of the molecule is COc1cc2occ(-c3ccc(-c4ccccc4)cc3)c2cc1/C(C)=C/C(=O)NC1CCCC1. The number of allylic oxidation sites excluding steroid dienone is 1. The molecule has 0 aliphatic heterocycles. The predicted octanol–water partition coefficient (Wildman–Crippen LogP) is 7.24. The van der Waals surface area contributed by atoms with E-state index in [4.69, 9.17) is 9.15 Å². The number of rotatable bonds is 6. The summed E-state index contributed by atoms with van der Waals surface area (Å²) in [5.74, 6) is 0.644. The first-order valence-corrected chi connectivity index (χ1v) is 11.9. The van der Waals surface area contributed by atoms with Crippen LogP contribution in [-0.2, 0) is 4.79 Å². The molecule has 0 spiro atoms. The summed E-state index contributed by atoms with van der Waals surface area (Å²) in [6.45, 7) is 1.95. The molecule has 4 heteroatoms. The van der Waals surface area contributed by atoms with Crippen molar-refractivity contribution in [3.8, 4) is 28.0 Å². The van der Waals surface area contributed by atoms with Crippen LogP contribution in [0.4, 0.5) is 0 Å². The molecule has 0 unspecified atom stereocenters. The summed E-state index contributed by atoms with van der Waals surface area (Å²) in [7, 11) is 1.64. The zero-order valence-corrected chi connectivity index (χ0v) is 19.6. The summed E-state index contributed by atoms with van der Waals surface area (Å²) in [6, 6.07) is 23.1. The van der Waals surface area contributed by atoms with Crippen molar-refractivity contribution in [3.05, 3.63) is 84.6 Å². The molecule has 4 aromatic rings. The van der Waals surface area contributed by atoms with E-state index in [1.165, 1.54) is 24.0 Å². The highest BCUT2D eigenvalue weighted by Crippen LogP contribution is 2.38. The first kappa shape index (κ1) is 22.0. The molecule has 0 saturated heterocycles. The topological polar surface area (TPSA) is 51.5 Å². The fourth-order valence-corrected chi connectivity index (χ4v) is 4.82. The average molecular weight is 452 g/mol. The zero-order valence-electron chi connectivity index (χ0n) is 19.6. The van der Waals surface area contributed by atoms with Gasteiger partial charge in [0.05, 0.1) is 13.4 Å². The van der Waals surface area contributed by atoms with Gasteiger partial charge in [0.2, 0.25) is 5.91 Å². The van der Waals surface area contributed by atoms with Crippen LogP contribution in [0.25, 0.3) is 38.8 Å². The molecule has 0 radical (unpaired) electrons. The van der Waals surface area contributed by atoms with Crippen LogP contribution in [0.3, 0.4) is 0 Å². The summed E-state index contributed by atoms with van der Waals surface area (Å²) in [6.07, 6.45) is 7.97. The first-order chi connectivity index (χ1) is 16.6. The Kier molecular flexibility index (Phi) is 6.22. The molecule has 172 valence electrons. The molecule has 1 N–H and O–H groups in total. The number of furan rings is 1. The van der Waals surface area contributed by atoms with Crippen molar-refractivity contribution in [1.82, 2.24) is 5.32 Å². The molecule has 1 saturated carbocycles. The summed E-state index contributed by atoms with van der Waals surface area (Å²) in [5, 5.41) is 4.12. The Morgan fingerprint density at radius 3 is 2.35 bits per heavy atom. The lowest BCUT2D eigenvalue weighted by Crippen LogP contribution is -2.31. The van der Waals surface area contributed by atoms with Crippen molar-refractivity contribution in [1.29, 1.82) is 0 Å². The Morgan fingerprint density at radius 2 is 1.65 bits per heavy atom. The van der Waals surface area contributed by atoms with E-state index in [1.54, 1.807) is 19.4 Å². The Hall–Kier alpha value is -3.79. The second-order valence-electron chi connectivity index (χ2n) is 8.96. The Bertz CT molecular complexity index is 1330. The van der Waals surface area contributed by atoms with E-state index in [9.17, 15) is 4.79 Å². The van der Waals surface area contributed by atoms with Crippen LogP contribution in [0, 0.1) is 0 Å². The Balaban J connectivity index is 1.47. The fraction of sp³-hybridized carbons (Fsp3) is 0.233. The van der Waals surface area contributed by atoms with Gasteiger partial charge in [0.25, 0.3) is 0 Å². The minimum absolute atomic E-state index is 0.0459. The number of fused-ring (bicyclic) bond motifs is 1. The second kappa shape index (κ2) is 9.60. The van der Waals surface area contributed by atoms with Crippen LogP contribution in [0.5, 0.6) is 5.75 Å². The van der Waals surface area contributed by atoms with Crippen molar-refractivity contribution in [2.75, 3.05) is 7.11 Å². The van der Waals surface area contributed by atoms with Gasteiger partial charge in [-0.15, -0.1) is 0 Å². The molecule has 1 aliphatic rings. The minimum atomic E-state index is -0.0459. The van der Waals surface area contributed by atoms with E-state index < -0.39 is 0 Å². The molecule has 1 fully saturated rings. The van der Waals surface area contributed by atoms with Crippen LogP contribution in [-0.4, -0.2) is 19.1 Å². The average Bonchev–Trinajstić information content (AvgIpc) is 3.53. The largest absolute Gasteiger partial charge is 0.496 e. The van der Waals surface area contributed by atoms with Gasteiger partial charge in [-0.25, -0.2) is 0 Å². The van der Waals surface area contributed by atoms with Crippen LogP contribution in [0.15, 0.2) is 83.5 Å². The maximum absolute atomic E-state index is 12.6. The third kappa shape index (κ3) is 4.49. The van der Waals surface area contributed by atoms with Crippen molar-refractivity contribution in [2.24, 2.45) is 0 Å². The van der Waals surface area contributed by atoms with Gasteiger partial charge in [-0.05, 0) is 48.1 Å². The van der Waals surface area contributed by atoms with E-state index in [0.29, 0.717) is 11.8 Å². The third-order valence-corrected chi connectivity index (χ3v) is 6.67. The Labute approximate surface area is 200 Å². The van der Waals surface area contributed by atoms with Crippen LogP contribution >= 0.6 is 0 Å². The normalized spacial score (nSPS) is 14.5. The maximum atomic E-state index is 12.6. The first-order valence-electron chi connectivity index (χ1n) is 11.9. The number of hydrogen-bond acceptors (Lipinski definition) is 3.